The molecule has 7 heteroatoms. The van der Waals surface area contributed by atoms with E-state index in [4.69, 9.17) is 9.15 Å². The molecule has 5 rings (SSSR count). The highest BCUT2D eigenvalue weighted by atomic mass is 79.9. The third-order valence-electron chi connectivity index (χ3n) is 6.61. The van der Waals surface area contributed by atoms with E-state index in [1.807, 2.05) is 6.07 Å². The summed E-state index contributed by atoms with van der Waals surface area (Å²) < 4.78 is 11.8. The van der Waals surface area contributed by atoms with Crippen LogP contribution in [0.3, 0.4) is 0 Å². The third-order valence-corrected chi connectivity index (χ3v) is 7.11. The van der Waals surface area contributed by atoms with Crippen molar-refractivity contribution in [1.29, 1.82) is 0 Å². The minimum Gasteiger partial charge on any atom is -0.460 e. The van der Waals surface area contributed by atoms with Crippen LogP contribution in [0.2, 0.25) is 0 Å². The van der Waals surface area contributed by atoms with Crippen LogP contribution in [-0.4, -0.2) is 55.2 Å². The van der Waals surface area contributed by atoms with E-state index >= 15 is 0 Å². The lowest BCUT2D eigenvalue weighted by atomic mass is 10.1. The van der Waals surface area contributed by atoms with Gasteiger partial charge in [0.15, 0.2) is 0 Å². The number of aryl methyl sites for hydroxylation is 1. The quantitative estimate of drug-likeness (QED) is 0.226. The number of esters is 1. The summed E-state index contributed by atoms with van der Waals surface area (Å²) in [5.74, 6) is -0.148. The molecule has 34 heavy (non-hydrogen) atoms. The first-order valence-electron chi connectivity index (χ1n) is 12.0. The van der Waals surface area contributed by atoms with Crippen molar-refractivity contribution in [3.05, 3.63) is 64.5 Å². The summed E-state index contributed by atoms with van der Waals surface area (Å²) >= 11 is 3.58. The van der Waals surface area contributed by atoms with Gasteiger partial charge in [-0.25, -0.2) is 4.79 Å². The number of piperazine rings is 1. The van der Waals surface area contributed by atoms with E-state index < -0.39 is 5.97 Å². The Hall–Kier alpha value is -2.77. The number of aromatic nitrogens is 1. The van der Waals surface area contributed by atoms with Gasteiger partial charge < -0.3 is 19.0 Å². The number of anilines is 1. The minimum absolute atomic E-state index is 0.263. The van der Waals surface area contributed by atoms with E-state index in [0.717, 1.165) is 49.0 Å². The molecule has 1 aliphatic heterocycles. The van der Waals surface area contributed by atoms with Gasteiger partial charge in [-0.3, -0.25) is 4.90 Å². The molecule has 0 atom stereocenters. The fraction of sp³-hybridized carbons (Fsp3) is 0.370. The zero-order valence-electron chi connectivity index (χ0n) is 19.5. The number of nitrogens with zero attached hydrogens (tertiary/aromatic N) is 2. The summed E-state index contributed by atoms with van der Waals surface area (Å²) in [5, 5.41) is 2.26. The molecule has 2 aromatic carbocycles. The molecule has 0 saturated carbocycles. The first kappa shape index (κ1) is 23.0. The van der Waals surface area contributed by atoms with Crippen molar-refractivity contribution in [2.45, 2.75) is 26.2 Å². The molecule has 1 aliphatic rings. The summed E-state index contributed by atoms with van der Waals surface area (Å²) in [4.78, 5) is 20.3. The standard InChI is InChI=1S/C27H30BrN3O3/c1-2-33-27(32)26-16-20-15-22(7-9-25(20)34-26)31-13-11-30(12-14-31)10-4-3-5-19-18-29-24-8-6-21(28)17-23(19)24/h6-9,15-18,29H,2-5,10-14H2,1H3. The highest BCUT2D eigenvalue weighted by molar-refractivity contribution is 9.10. The van der Waals surface area contributed by atoms with Crippen LogP contribution in [-0.2, 0) is 11.2 Å². The monoisotopic (exact) mass is 523 g/mol. The topological polar surface area (TPSA) is 61.7 Å². The number of hydrogen-bond acceptors (Lipinski definition) is 5. The van der Waals surface area contributed by atoms with Gasteiger partial charge >= 0.3 is 5.97 Å². The lowest BCUT2D eigenvalue weighted by molar-refractivity contribution is 0.0492. The van der Waals surface area contributed by atoms with Crippen LogP contribution in [0.15, 0.2) is 57.6 Å². The maximum absolute atomic E-state index is 11.9. The number of H-pyrrole nitrogens is 1. The largest absolute Gasteiger partial charge is 0.460 e. The highest BCUT2D eigenvalue weighted by Crippen LogP contribution is 2.27. The predicted octanol–water partition coefficient (Wildman–Crippen LogP) is 6.00. The summed E-state index contributed by atoms with van der Waals surface area (Å²) in [6.07, 6.45) is 5.66. The zero-order valence-corrected chi connectivity index (χ0v) is 21.1. The van der Waals surface area contributed by atoms with Crippen molar-refractivity contribution in [2.75, 3.05) is 44.2 Å². The van der Waals surface area contributed by atoms with Crippen molar-refractivity contribution in [1.82, 2.24) is 9.88 Å². The second-order valence-corrected chi connectivity index (χ2v) is 9.76. The van der Waals surface area contributed by atoms with E-state index in [-0.39, 0.29) is 5.76 Å². The lowest BCUT2D eigenvalue weighted by Crippen LogP contribution is -2.46. The fourth-order valence-electron chi connectivity index (χ4n) is 4.77. The van der Waals surface area contributed by atoms with E-state index in [0.29, 0.717) is 12.2 Å². The SMILES string of the molecule is CCOC(=O)c1cc2cc(N3CCN(CCCCc4c[nH]c5ccc(Br)cc45)CC3)ccc2o1. The van der Waals surface area contributed by atoms with Crippen LogP contribution in [0.4, 0.5) is 5.69 Å². The number of carbonyl (C=O) groups excluding carboxylic acids is 1. The Morgan fingerprint density at radius 2 is 1.94 bits per heavy atom. The Kier molecular flexibility index (Phi) is 6.92. The van der Waals surface area contributed by atoms with Crippen molar-refractivity contribution < 1.29 is 13.9 Å². The summed E-state index contributed by atoms with van der Waals surface area (Å²) in [6, 6.07) is 14.3. The van der Waals surface area contributed by atoms with E-state index in [1.54, 1.807) is 13.0 Å². The average molecular weight is 524 g/mol. The summed E-state index contributed by atoms with van der Waals surface area (Å²) in [5.41, 5.74) is 4.50. The molecule has 0 amide bonds. The van der Waals surface area contributed by atoms with Crippen LogP contribution in [0, 0.1) is 0 Å². The molecule has 0 bridgehead atoms. The van der Waals surface area contributed by atoms with Gasteiger partial charge in [-0.1, -0.05) is 15.9 Å². The van der Waals surface area contributed by atoms with Gasteiger partial charge in [-0.05, 0) is 80.8 Å². The van der Waals surface area contributed by atoms with Crippen molar-refractivity contribution in [2.24, 2.45) is 0 Å². The van der Waals surface area contributed by atoms with Gasteiger partial charge in [0.25, 0.3) is 0 Å². The Bertz CT molecular complexity index is 1290. The first-order chi connectivity index (χ1) is 16.6. The van der Waals surface area contributed by atoms with Gasteiger partial charge in [-0.2, -0.15) is 0 Å². The maximum Gasteiger partial charge on any atom is 0.374 e. The van der Waals surface area contributed by atoms with E-state index in [2.05, 4.69) is 67.2 Å². The molecule has 2 aromatic heterocycles. The normalized spacial score (nSPS) is 14.8. The molecule has 1 N–H and O–H groups in total. The first-order valence-corrected chi connectivity index (χ1v) is 12.8. The molecule has 4 aromatic rings. The molecule has 1 fully saturated rings. The Balaban J connectivity index is 1.10. The number of carbonyl (C=O) groups is 1. The summed E-state index contributed by atoms with van der Waals surface area (Å²) in [7, 11) is 0. The zero-order chi connectivity index (χ0) is 23.5. The van der Waals surface area contributed by atoms with Crippen LogP contribution in [0.1, 0.15) is 35.9 Å². The van der Waals surface area contributed by atoms with E-state index in [1.165, 1.54) is 35.0 Å². The van der Waals surface area contributed by atoms with Crippen molar-refractivity contribution >= 4 is 49.5 Å². The number of ether oxygens (including phenoxy) is 1. The van der Waals surface area contributed by atoms with Gasteiger partial charge in [0.1, 0.15) is 5.58 Å². The Morgan fingerprint density at radius 1 is 1.09 bits per heavy atom. The molecule has 6 nitrogen and oxygen atoms in total. The molecule has 178 valence electrons. The number of aromatic amines is 1. The average Bonchev–Trinajstić information content (AvgIpc) is 3.46. The molecule has 0 spiro atoms. The molecule has 1 saturated heterocycles. The van der Waals surface area contributed by atoms with Crippen molar-refractivity contribution in [3.63, 3.8) is 0 Å². The maximum atomic E-state index is 11.9. The Labute approximate surface area is 208 Å². The Morgan fingerprint density at radius 3 is 2.76 bits per heavy atom. The lowest BCUT2D eigenvalue weighted by Gasteiger charge is -2.36. The number of fused-ring (bicyclic) bond motifs is 2. The number of benzene rings is 2. The van der Waals surface area contributed by atoms with Crippen LogP contribution in [0.25, 0.3) is 21.9 Å². The number of hydrogen-bond donors (Lipinski definition) is 1. The number of furan rings is 1. The van der Waals surface area contributed by atoms with Gasteiger partial charge in [0.2, 0.25) is 5.76 Å². The number of unbranched alkanes of at least 4 members (excludes halogenated alkanes) is 1. The molecule has 0 radical (unpaired) electrons. The fourth-order valence-corrected chi connectivity index (χ4v) is 5.13. The summed E-state index contributed by atoms with van der Waals surface area (Å²) in [6.45, 7) is 7.42. The minimum atomic E-state index is -0.411. The molecule has 0 unspecified atom stereocenters. The van der Waals surface area contributed by atoms with Crippen LogP contribution < -0.4 is 4.90 Å². The third kappa shape index (κ3) is 5.00. The number of nitrogens with one attached hydrogen (secondary N) is 1. The van der Waals surface area contributed by atoms with Crippen LogP contribution in [0.5, 0.6) is 0 Å². The second kappa shape index (κ2) is 10.2. The van der Waals surface area contributed by atoms with Gasteiger partial charge in [0, 0.05) is 58.8 Å². The number of halogens is 1. The van der Waals surface area contributed by atoms with Gasteiger partial charge in [-0.15, -0.1) is 0 Å². The molecular formula is C27H30BrN3O3. The predicted molar refractivity (Wildman–Crippen MR) is 140 cm³/mol. The second-order valence-electron chi connectivity index (χ2n) is 8.84. The molecule has 3 heterocycles. The highest BCUT2D eigenvalue weighted by Gasteiger charge is 2.19. The van der Waals surface area contributed by atoms with Crippen molar-refractivity contribution in [3.8, 4) is 0 Å². The smallest absolute Gasteiger partial charge is 0.374 e. The van der Waals surface area contributed by atoms with Gasteiger partial charge in [0.05, 0.1) is 6.61 Å². The van der Waals surface area contributed by atoms with E-state index in [9.17, 15) is 4.79 Å². The number of rotatable bonds is 8. The van der Waals surface area contributed by atoms with Crippen LogP contribution >= 0.6 is 15.9 Å². The molecule has 0 aliphatic carbocycles. The molecular weight excluding hydrogens is 494 g/mol.